The summed E-state index contributed by atoms with van der Waals surface area (Å²) in [5, 5.41) is 5.82. The molecule has 3 aliphatic rings. The van der Waals surface area contributed by atoms with E-state index in [-0.39, 0.29) is 18.7 Å². The number of aryl methyl sites for hydroxylation is 2. The summed E-state index contributed by atoms with van der Waals surface area (Å²) in [5.74, 6) is -1.50. The lowest BCUT2D eigenvalue weighted by Gasteiger charge is -2.31. The van der Waals surface area contributed by atoms with E-state index in [2.05, 4.69) is 5.10 Å². The molecular formula is C25H21F3N4O5S. The molecule has 1 aromatic carbocycles. The van der Waals surface area contributed by atoms with Crippen molar-refractivity contribution in [3.8, 4) is 16.9 Å². The van der Waals surface area contributed by atoms with E-state index in [1.165, 1.54) is 0 Å². The van der Waals surface area contributed by atoms with Gasteiger partial charge in [0.25, 0.3) is 5.91 Å². The van der Waals surface area contributed by atoms with Crippen molar-refractivity contribution in [2.24, 2.45) is 7.05 Å². The van der Waals surface area contributed by atoms with Gasteiger partial charge in [-0.25, -0.2) is 9.69 Å². The van der Waals surface area contributed by atoms with E-state index in [9.17, 15) is 27.6 Å². The summed E-state index contributed by atoms with van der Waals surface area (Å²) in [6.45, 7) is -2.00. The van der Waals surface area contributed by atoms with Crippen LogP contribution in [0.2, 0.25) is 0 Å². The number of halogens is 3. The van der Waals surface area contributed by atoms with Gasteiger partial charge >= 0.3 is 12.3 Å². The summed E-state index contributed by atoms with van der Waals surface area (Å²) in [5.41, 5.74) is 1.48. The average Bonchev–Trinajstić information content (AvgIpc) is 3.61. The van der Waals surface area contributed by atoms with Crippen LogP contribution in [0.5, 0.6) is 5.75 Å². The van der Waals surface area contributed by atoms with E-state index in [1.54, 1.807) is 41.5 Å². The van der Waals surface area contributed by atoms with Crippen LogP contribution < -0.4 is 4.74 Å². The molecule has 2 aromatic heterocycles. The number of amides is 3. The molecule has 1 aliphatic carbocycles. The number of carbonyl (C=O) groups excluding carboxylic acids is 3. The monoisotopic (exact) mass is 546 g/mol. The Hall–Kier alpha value is -3.87. The number of imide groups is 1. The molecule has 2 atom stereocenters. The SMILES string of the molecule is Cn1cc(-c2ccc3c(c2)CC[C@]32OC(=O)N(CC(=O)N3Cc4sccc4OC[C@H]3C(F)(F)F)C2=O)cn1. The van der Waals surface area contributed by atoms with Crippen LogP contribution in [0.4, 0.5) is 18.0 Å². The highest BCUT2D eigenvalue weighted by Gasteiger charge is 2.59. The molecule has 0 radical (unpaired) electrons. The molecule has 6 rings (SSSR count). The highest BCUT2D eigenvalue weighted by molar-refractivity contribution is 7.10. The number of hydrogen-bond donors (Lipinski definition) is 0. The molecule has 1 spiro atoms. The fraction of sp³-hybridized carbons (Fsp3) is 0.360. The summed E-state index contributed by atoms with van der Waals surface area (Å²) < 4.78 is 54.1. The molecule has 2 aliphatic heterocycles. The number of thiophene rings is 1. The van der Waals surface area contributed by atoms with Gasteiger partial charge in [-0.3, -0.25) is 14.3 Å². The molecule has 13 heteroatoms. The first-order valence-electron chi connectivity index (χ1n) is 11.8. The molecule has 1 fully saturated rings. The summed E-state index contributed by atoms with van der Waals surface area (Å²) in [4.78, 5) is 41.2. The lowest BCUT2D eigenvalue weighted by molar-refractivity contribution is -0.195. The summed E-state index contributed by atoms with van der Waals surface area (Å²) >= 11 is 1.16. The summed E-state index contributed by atoms with van der Waals surface area (Å²) in [6, 6.07) is 4.73. The molecule has 3 amide bonds. The third-order valence-electron chi connectivity index (χ3n) is 7.18. The fourth-order valence-electron chi connectivity index (χ4n) is 5.26. The number of aromatic nitrogens is 2. The van der Waals surface area contributed by atoms with Crippen LogP contribution >= 0.6 is 11.3 Å². The van der Waals surface area contributed by atoms with E-state index in [4.69, 9.17) is 9.47 Å². The minimum absolute atomic E-state index is 0.176. The second kappa shape index (κ2) is 8.58. The van der Waals surface area contributed by atoms with Gasteiger partial charge in [0.2, 0.25) is 11.5 Å². The Morgan fingerprint density at radius 1 is 1.24 bits per heavy atom. The smallest absolute Gasteiger partial charge is 0.418 e. The van der Waals surface area contributed by atoms with Gasteiger partial charge in [-0.05, 0) is 29.0 Å². The normalized spacial score (nSPS) is 22.8. The van der Waals surface area contributed by atoms with Gasteiger partial charge in [0.15, 0.2) is 6.04 Å². The lowest BCUT2D eigenvalue weighted by atomic mass is 9.93. The summed E-state index contributed by atoms with van der Waals surface area (Å²) in [6.07, 6.45) is -1.64. The van der Waals surface area contributed by atoms with Crippen LogP contribution in [0.3, 0.4) is 0 Å². The predicted octanol–water partition coefficient (Wildman–Crippen LogP) is 3.62. The molecule has 4 heterocycles. The number of carbonyl (C=O) groups is 3. The number of benzene rings is 1. The highest BCUT2D eigenvalue weighted by Crippen LogP contribution is 2.46. The maximum Gasteiger partial charge on any atom is 0.418 e. The van der Waals surface area contributed by atoms with Crippen molar-refractivity contribution < 1.29 is 37.0 Å². The Morgan fingerprint density at radius 3 is 2.79 bits per heavy atom. The van der Waals surface area contributed by atoms with Crippen molar-refractivity contribution in [1.82, 2.24) is 19.6 Å². The molecule has 0 N–H and O–H groups in total. The molecule has 198 valence electrons. The Balaban J connectivity index is 1.26. The van der Waals surface area contributed by atoms with Crippen LogP contribution in [-0.4, -0.2) is 62.9 Å². The topological polar surface area (TPSA) is 94.0 Å². The predicted molar refractivity (Wildman–Crippen MR) is 127 cm³/mol. The van der Waals surface area contributed by atoms with Crippen LogP contribution in [0.15, 0.2) is 42.0 Å². The first-order valence-corrected chi connectivity index (χ1v) is 12.7. The molecule has 1 saturated heterocycles. The molecule has 0 unspecified atom stereocenters. The Bertz CT molecular complexity index is 1470. The highest BCUT2D eigenvalue weighted by atomic mass is 32.1. The molecule has 38 heavy (non-hydrogen) atoms. The van der Waals surface area contributed by atoms with Crippen molar-refractivity contribution in [2.45, 2.75) is 37.2 Å². The van der Waals surface area contributed by atoms with Crippen LogP contribution in [0, 0.1) is 0 Å². The van der Waals surface area contributed by atoms with Crippen molar-refractivity contribution in [3.05, 3.63) is 58.0 Å². The van der Waals surface area contributed by atoms with Crippen LogP contribution in [-0.2, 0) is 39.9 Å². The van der Waals surface area contributed by atoms with E-state index < -0.39 is 48.9 Å². The van der Waals surface area contributed by atoms with E-state index in [0.29, 0.717) is 26.7 Å². The van der Waals surface area contributed by atoms with Crippen LogP contribution in [0.1, 0.15) is 22.4 Å². The van der Waals surface area contributed by atoms with Crippen molar-refractivity contribution in [3.63, 3.8) is 0 Å². The maximum atomic E-state index is 13.8. The molecule has 9 nitrogen and oxygen atoms in total. The van der Waals surface area contributed by atoms with Crippen molar-refractivity contribution in [1.29, 1.82) is 0 Å². The number of hydrogen-bond acceptors (Lipinski definition) is 7. The average molecular weight is 547 g/mol. The van der Waals surface area contributed by atoms with Crippen LogP contribution in [0.25, 0.3) is 11.1 Å². The van der Waals surface area contributed by atoms with E-state index in [0.717, 1.165) is 28.0 Å². The van der Waals surface area contributed by atoms with Gasteiger partial charge in [0, 0.05) is 30.8 Å². The molecule has 0 bridgehead atoms. The Labute approximate surface area is 218 Å². The molecule has 0 saturated carbocycles. The fourth-order valence-corrected chi connectivity index (χ4v) is 6.07. The van der Waals surface area contributed by atoms with Gasteiger partial charge < -0.3 is 14.4 Å². The Kier molecular flexibility index (Phi) is 5.53. The zero-order chi connectivity index (χ0) is 26.8. The van der Waals surface area contributed by atoms with E-state index in [1.807, 2.05) is 12.3 Å². The number of rotatable bonds is 3. The van der Waals surface area contributed by atoms with Gasteiger partial charge in [0.1, 0.15) is 18.9 Å². The minimum Gasteiger partial charge on any atom is -0.490 e. The number of alkyl halides is 3. The standard InChI is InChI=1S/C25H21F3N4O5S/c1-30-10-16(9-29-30)14-2-3-17-15(8-14)4-6-24(17)22(34)32(23(35)37-24)12-21(33)31-11-19-18(5-7-38-19)36-13-20(31)25(26,27)28/h2-3,5,7-10,20H,4,6,11-13H2,1H3/t20-,24-/m0/s1. The zero-order valence-electron chi connectivity index (χ0n) is 20.0. The lowest BCUT2D eigenvalue weighted by Crippen LogP contribution is -2.53. The first kappa shape index (κ1) is 24.5. The molecular weight excluding hydrogens is 525 g/mol. The first-order chi connectivity index (χ1) is 18.1. The second-order valence-electron chi connectivity index (χ2n) is 9.46. The van der Waals surface area contributed by atoms with Gasteiger partial charge in [-0.2, -0.15) is 18.3 Å². The quantitative estimate of drug-likeness (QED) is 0.498. The van der Waals surface area contributed by atoms with E-state index >= 15 is 0 Å². The zero-order valence-corrected chi connectivity index (χ0v) is 20.8. The third-order valence-corrected chi connectivity index (χ3v) is 8.07. The maximum absolute atomic E-state index is 13.8. The second-order valence-corrected chi connectivity index (χ2v) is 10.5. The van der Waals surface area contributed by atoms with Gasteiger partial charge in [0.05, 0.1) is 17.6 Å². The largest absolute Gasteiger partial charge is 0.490 e. The summed E-state index contributed by atoms with van der Waals surface area (Å²) in [7, 11) is 1.80. The van der Waals surface area contributed by atoms with Crippen molar-refractivity contribution in [2.75, 3.05) is 13.2 Å². The Morgan fingerprint density at radius 2 is 2.05 bits per heavy atom. The van der Waals surface area contributed by atoms with Gasteiger partial charge in [-0.15, -0.1) is 11.3 Å². The third kappa shape index (κ3) is 3.83. The molecule has 3 aromatic rings. The van der Waals surface area contributed by atoms with Crippen molar-refractivity contribution >= 4 is 29.2 Å². The minimum atomic E-state index is -4.77. The number of fused-ring (bicyclic) bond motifs is 3. The number of nitrogens with zero attached hydrogens (tertiary/aromatic N) is 4. The van der Waals surface area contributed by atoms with Gasteiger partial charge in [-0.1, -0.05) is 18.2 Å². The number of ether oxygens (including phenoxy) is 2.